The summed E-state index contributed by atoms with van der Waals surface area (Å²) in [5, 5.41) is 8.51. The van der Waals surface area contributed by atoms with Gasteiger partial charge in [0, 0.05) is 12.6 Å². The molecule has 2 heterocycles. The van der Waals surface area contributed by atoms with Crippen LogP contribution in [0.25, 0.3) is 11.3 Å². The van der Waals surface area contributed by atoms with Crippen LogP contribution in [-0.4, -0.2) is 19.7 Å². The Morgan fingerprint density at radius 1 is 1.25 bits per heavy atom. The SMILES string of the molecule is Cn1c(N)nnc1SCc1ncc(-c2ccccc2)o1. The maximum atomic E-state index is 5.72. The van der Waals surface area contributed by atoms with Gasteiger partial charge in [0.25, 0.3) is 0 Å². The second-order valence-corrected chi connectivity index (χ2v) is 5.12. The molecule has 3 aromatic rings. The third-order valence-corrected chi connectivity index (χ3v) is 3.81. The Hall–Kier alpha value is -2.28. The molecule has 0 aliphatic rings. The van der Waals surface area contributed by atoms with Crippen molar-refractivity contribution in [3.05, 3.63) is 42.4 Å². The van der Waals surface area contributed by atoms with E-state index in [1.54, 1.807) is 10.8 Å². The standard InChI is InChI=1S/C13H13N5OS/c1-18-12(14)16-17-13(18)20-8-11-15-7-10(19-11)9-5-3-2-4-6-9/h2-7H,8H2,1H3,(H2,14,16). The summed E-state index contributed by atoms with van der Waals surface area (Å²) in [6.07, 6.45) is 1.73. The summed E-state index contributed by atoms with van der Waals surface area (Å²) in [6.45, 7) is 0. The maximum Gasteiger partial charge on any atom is 0.222 e. The van der Waals surface area contributed by atoms with Gasteiger partial charge in [0.1, 0.15) is 0 Å². The van der Waals surface area contributed by atoms with Crippen molar-refractivity contribution in [3.8, 4) is 11.3 Å². The van der Waals surface area contributed by atoms with Crippen molar-refractivity contribution in [2.45, 2.75) is 10.9 Å². The first-order valence-corrected chi connectivity index (χ1v) is 7.00. The van der Waals surface area contributed by atoms with Crippen molar-refractivity contribution in [3.63, 3.8) is 0 Å². The van der Waals surface area contributed by atoms with Gasteiger partial charge in [-0.15, -0.1) is 10.2 Å². The third-order valence-electron chi connectivity index (χ3n) is 2.81. The number of nitrogens with zero attached hydrogens (tertiary/aromatic N) is 4. The Morgan fingerprint density at radius 3 is 2.75 bits per heavy atom. The van der Waals surface area contributed by atoms with Gasteiger partial charge in [0.15, 0.2) is 10.9 Å². The fraction of sp³-hybridized carbons (Fsp3) is 0.154. The van der Waals surface area contributed by atoms with Crippen molar-refractivity contribution in [1.82, 2.24) is 19.7 Å². The minimum Gasteiger partial charge on any atom is -0.440 e. The molecule has 3 rings (SSSR count). The molecular weight excluding hydrogens is 274 g/mol. The molecule has 0 radical (unpaired) electrons. The van der Waals surface area contributed by atoms with Crippen LogP contribution >= 0.6 is 11.8 Å². The van der Waals surface area contributed by atoms with Crippen LogP contribution < -0.4 is 5.73 Å². The molecule has 0 bridgehead atoms. The summed E-state index contributed by atoms with van der Waals surface area (Å²) in [7, 11) is 1.82. The molecule has 0 unspecified atom stereocenters. The lowest BCUT2D eigenvalue weighted by Crippen LogP contribution is -1.98. The molecule has 2 N–H and O–H groups in total. The minimum absolute atomic E-state index is 0.393. The van der Waals surface area contributed by atoms with Gasteiger partial charge in [-0.25, -0.2) is 4.98 Å². The molecule has 0 spiro atoms. The van der Waals surface area contributed by atoms with Gasteiger partial charge in [0.05, 0.1) is 11.9 Å². The average Bonchev–Trinajstić information content (AvgIpc) is 3.07. The molecule has 0 aliphatic heterocycles. The van der Waals surface area contributed by atoms with Crippen LogP contribution in [-0.2, 0) is 12.8 Å². The lowest BCUT2D eigenvalue weighted by molar-refractivity contribution is 0.529. The lowest BCUT2D eigenvalue weighted by Gasteiger charge is -1.98. The molecule has 0 saturated carbocycles. The summed E-state index contributed by atoms with van der Waals surface area (Å²) >= 11 is 1.48. The first-order chi connectivity index (χ1) is 9.74. The van der Waals surface area contributed by atoms with E-state index in [2.05, 4.69) is 15.2 Å². The Bertz CT molecular complexity index is 707. The van der Waals surface area contributed by atoms with Gasteiger partial charge in [-0.2, -0.15) is 0 Å². The summed E-state index contributed by atoms with van der Waals surface area (Å²) in [5.41, 5.74) is 6.64. The van der Waals surface area contributed by atoms with E-state index in [1.807, 2.05) is 37.4 Å². The molecule has 6 nitrogen and oxygen atoms in total. The van der Waals surface area contributed by atoms with Crippen LogP contribution in [0, 0.1) is 0 Å². The summed E-state index contributed by atoms with van der Waals surface area (Å²) in [4.78, 5) is 4.27. The lowest BCUT2D eigenvalue weighted by atomic mass is 10.2. The zero-order chi connectivity index (χ0) is 13.9. The van der Waals surface area contributed by atoms with E-state index in [0.717, 1.165) is 16.5 Å². The zero-order valence-corrected chi connectivity index (χ0v) is 11.7. The topological polar surface area (TPSA) is 82.8 Å². The molecule has 0 atom stereocenters. The number of nitrogens with two attached hydrogens (primary N) is 1. The second-order valence-electron chi connectivity index (χ2n) is 4.17. The van der Waals surface area contributed by atoms with Crippen LogP contribution in [0.1, 0.15) is 5.89 Å². The molecule has 0 amide bonds. The summed E-state index contributed by atoms with van der Waals surface area (Å²) < 4.78 is 7.45. The molecule has 7 heteroatoms. The highest BCUT2D eigenvalue weighted by Crippen LogP contribution is 2.25. The van der Waals surface area contributed by atoms with E-state index in [1.165, 1.54) is 11.8 Å². The Balaban J connectivity index is 1.70. The molecule has 0 aliphatic carbocycles. The second kappa shape index (κ2) is 5.38. The van der Waals surface area contributed by atoms with Crippen LogP contribution in [0.3, 0.4) is 0 Å². The first-order valence-electron chi connectivity index (χ1n) is 6.02. The smallest absolute Gasteiger partial charge is 0.222 e. The fourth-order valence-corrected chi connectivity index (χ4v) is 2.46. The van der Waals surface area contributed by atoms with Crippen molar-refractivity contribution in [1.29, 1.82) is 0 Å². The number of rotatable bonds is 4. The molecule has 0 fully saturated rings. The van der Waals surface area contributed by atoms with Crippen LogP contribution in [0.2, 0.25) is 0 Å². The predicted molar refractivity (Wildman–Crippen MR) is 76.9 cm³/mol. The third kappa shape index (κ3) is 2.53. The highest BCUT2D eigenvalue weighted by Gasteiger charge is 2.10. The van der Waals surface area contributed by atoms with Gasteiger partial charge in [-0.1, -0.05) is 42.1 Å². The minimum atomic E-state index is 0.393. The monoisotopic (exact) mass is 287 g/mol. The molecule has 20 heavy (non-hydrogen) atoms. The Labute approximate surface area is 120 Å². The van der Waals surface area contributed by atoms with E-state index >= 15 is 0 Å². The fourth-order valence-electron chi connectivity index (χ4n) is 1.69. The van der Waals surface area contributed by atoms with E-state index < -0.39 is 0 Å². The Morgan fingerprint density at radius 2 is 2.05 bits per heavy atom. The van der Waals surface area contributed by atoms with Crippen molar-refractivity contribution < 1.29 is 4.42 Å². The molecule has 1 aromatic carbocycles. The van der Waals surface area contributed by atoms with Gasteiger partial charge in [0.2, 0.25) is 11.8 Å². The zero-order valence-electron chi connectivity index (χ0n) is 10.9. The number of aromatic nitrogens is 4. The van der Waals surface area contributed by atoms with Gasteiger partial charge >= 0.3 is 0 Å². The van der Waals surface area contributed by atoms with Gasteiger partial charge < -0.3 is 10.2 Å². The number of anilines is 1. The highest BCUT2D eigenvalue weighted by molar-refractivity contribution is 7.98. The van der Waals surface area contributed by atoms with E-state index in [-0.39, 0.29) is 0 Å². The Kier molecular flexibility index (Phi) is 3.42. The number of oxazole rings is 1. The maximum absolute atomic E-state index is 5.72. The molecule has 102 valence electrons. The predicted octanol–water partition coefficient (Wildman–Crippen LogP) is 2.34. The first kappa shape index (κ1) is 12.7. The molecule has 0 saturated heterocycles. The van der Waals surface area contributed by atoms with Crippen molar-refractivity contribution in [2.75, 3.05) is 5.73 Å². The highest BCUT2D eigenvalue weighted by atomic mass is 32.2. The van der Waals surface area contributed by atoms with Gasteiger partial charge in [-0.05, 0) is 0 Å². The summed E-state index contributed by atoms with van der Waals surface area (Å²) in [5.74, 6) is 2.39. The average molecular weight is 287 g/mol. The largest absolute Gasteiger partial charge is 0.440 e. The molecule has 2 aromatic heterocycles. The van der Waals surface area contributed by atoms with Crippen LogP contribution in [0.15, 0.2) is 46.1 Å². The normalized spacial score (nSPS) is 10.8. The quantitative estimate of drug-likeness (QED) is 0.742. The molecular formula is C13H13N5OS. The van der Waals surface area contributed by atoms with E-state index in [9.17, 15) is 0 Å². The van der Waals surface area contributed by atoms with Gasteiger partial charge in [-0.3, -0.25) is 4.57 Å². The van der Waals surface area contributed by atoms with Crippen molar-refractivity contribution >= 4 is 17.7 Å². The number of benzene rings is 1. The number of thioether (sulfide) groups is 1. The van der Waals surface area contributed by atoms with E-state index in [4.69, 9.17) is 10.2 Å². The number of nitrogen functional groups attached to an aromatic ring is 1. The van der Waals surface area contributed by atoms with Crippen LogP contribution in [0.5, 0.6) is 0 Å². The van der Waals surface area contributed by atoms with Crippen LogP contribution in [0.4, 0.5) is 5.95 Å². The number of hydrogen-bond donors (Lipinski definition) is 1. The van der Waals surface area contributed by atoms with Crippen molar-refractivity contribution in [2.24, 2.45) is 7.05 Å². The number of hydrogen-bond acceptors (Lipinski definition) is 6. The summed E-state index contributed by atoms with van der Waals surface area (Å²) in [6, 6.07) is 9.87. The van der Waals surface area contributed by atoms with E-state index in [0.29, 0.717) is 17.6 Å².